The fourth-order valence-electron chi connectivity index (χ4n) is 3.24. The number of nitrogens with one attached hydrogen (secondary N) is 1. The van der Waals surface area contributed by atoms with Gasteiger partial charge in [-0.25, -0.2) is 17.5 Å². The average Bonchev–Trinajstić information content (AvgIpc) is 3.09. The Bertz CT molecular complexity index is 938. The van der Waals surface area contributed by atoms with Crippen molar-refractivity contribution in [1.29, 1.82) is 0 Å². The number of ether oxygens (including phenoxy) is 2. The van der Waals surface area contributed by atoms with Crippen LogP contribution in [0.15, 0.2) is 42.5 Å². The highest BCUT2D eigenvalue weighted by molar-refractivity contribution is 7.90. The average molecular weight is 410 g/mol. The molecule has 7 nitrogen and oxygen atoms in total. The van der Waals surface area contributed by atoms with Gasteiger partial charge in [0.2, 0.25) is 10.0 Å². The molecule has 0 spiro atoms. The van der Waals surface area contributed by atoms with Crippen molar-refractivity contribution in [3.8, 4) is 11.5 Å². The van der Waals surface area contributed by atoms with Gasteiger partial charge in [0.25, 0.3) is 0 Å². The van der Waals surface area contributed by atoms with Gasteiger partial charge in [0.1, 0.15) is 11.1 Å². The van der Waals surface area contributed by atoms with Crippen LogP contribution in [0.2, 0.25) is 0 Å². The molecule has 3 rings (SSSR count). The number of hydrogen-bond donors (Lipinski definition) is 1. The smallest absolute Gasteiger partial charge is 0.219 e. The number of rotatable bonds is 7. The van der Waals surface area contributed by atoms with Gasteiger partial charge >= 0.3 is 0 Å². The maximum atomic E-state index is 13.8. The zero-order valence-electron chi connectivity index (χ0n) is 15.9. The number of hydroxylamine groups is 2. The molecule has 2 atom stereocenters. The van der Waals surface area contributed by atoms with Gasteiger partial charge in [-0.1, -0.05) is 24.3 Å². The molecule has 2 aromatic rings. The van der Waals surface area contributed by atoms with E-state index in [-0.39, 0.29) is 18.7 Å². The van der Waals surface area contributed by atoms with Crippen molar-refractivity contribution in [2.45, 2.75) is 17.8 Å². The highest BCUT2D eigenvalue weighted by Crippen LogP contribution is 2.37. The lowest BCUT2D eigenvalue weighted by molar-refractivity contribution is -0.110. The molecule has 0 bridgehead atoms. The lowest BCUT2D eigenvalue weighted by atomic mass is 10.0. The molecule has 152 valence electrons. The molecule has 1 N–H and O–H groups in total. The van der Waals surface area contributed by atoms with Crippen LogP contribution in [0, 0.1) is 5.82 Å². The summed E-state index contributed by atoms with van der Waals surface area (Å²) < 4.78 is 52.7. The third-order valence-electron chi connectivity index (χ3n) is 4.76. The van der Waals surface area contributed by atoms with E-state index in [4.69, 9.17) is 14.3 Å². The lowest BCUT2D eigenvalue weighted by Crippen LogP contribution is -2.39. The number of methoxy groups -OCH3 is 2. The first-order valence-electron chi connectivity index (χ1n) is 8.67. The summed E-state index contributed by atoms with van der Waals surface area (Å²) in [6.07, 6.45) is 0. The van der Waals surface area contributed by atoms with E-state index in [9.17, 15) is 12.8 Å². The first kappa shape index (κ1) is 20.5. The minimum absolute atomic E-state index is 0.0118. The van der Waals surface area contributed by atoms with Gasteiger partial charge in [-0.15, -0.1) is 0 Å². The van der Waals surface area contributed by atoms with Crippen LogP contribution in [0.5, 0.6) is 11.5 Å². The molecule has 0 radical (unpaired) electrons. The molecule has 0 saturated carbocycles. The largest absolute Gasteiger partial charge is 0.493 e. The van der Waals surface area contributed by atoms with Gasteiger partial charge in [0.05, 0.1) is 26.9 Å². The summed E-state index contributed by atoms with van der Waals surface area (Å²) in [7, 11) is 0.923. The number of nitrogens with zero attached hydrogens (tertiary/aromatic N) is 1. The Morgan fingerprint density at radius 2 is 1.89 bits per heavy atom. The van der Waals surface area contributed by atoms with E-state index in [2.05, 4.69) is 4.72 Å². The molecule has 0 amide bonds. The van der Waals surface area contributed by atoms with Gasteiger partial charge in [0.15, 0.2) is 11.5 Å². The summed E-state index contributed by atoms with van der Waals surface area (Å²) in [6, 6.07) is 10.7. The van der Waals surface area contributed by atoms with Crippen LogP contribution in [0.4, 0.5) is 4.39 Å². The van der Waals surface area contributed by atoms with Gasteiger partial charge in [0, 0.05) is 19.2 Å². The highest BCUT2D eigenvalue weighted by Gasteiger charge is 2.43. The van der Waals surface area contributed by atoms with E-state index in [0.717, 1.165) is 0 Å². The van der Waals surface area contributed by atoms with Crippen LogP contribution in [-0.2, 0) is 21.4 Å². The summed E-state index contributed by atoms with van der Waals surface area (Å²) in [4.78, 5) is 5.49. The minimum Gasteiger partial charge on any atom is -0.493 e. The minimum atomic E-state index is -3.80. The van der Waals surface area contributed by atoms with Crippen molar-refractivity contribution in [2.24, 2.45) is 0 Å². The van der Waals surface area contributed by atoms with E-state index in [1.165, 1.54) is 25.3 Å². The Labute approximate surface area is 164 Å². The molecule has 2 aromatic carbocycles. The van der Waals surface area contributed by atoms with Crippen LogP contribution in [0.1, 0.15) is 17.2 Å². The quantitative estimate of drug-likeness (QED) is 0.755. The second-order valence-electron chi connectivity index (χ2n) is 6.40. The molecule has 1 saturated heterocycles. The fraction of sp³-hybridized carbons (Fsp3) is 0.368. The topological polar surface area (TPSA) is 77.1 Å². The first-order valence-corrected chi connectivity index (χ1v) is 10.2. The Balaban J connectivity index is 1.85. The Kier molecular flexibility index (Phi) is 6.19. The molecular weight excluding hydrogens is 387 g/mol. The standard InChI is InChI=1S/C19H23FN2O5S/c1-22-19(13-8-9-16(25-2)17(10-13)26-3)18(12-27-22)28(23,24)21-11-14-6-4-5-7-15(14)20/h4-10,18-19,21H,11-12H2,1-3H3/t18-,19+/m0/s1. The van der Waals surface area contributed by atoms with E-state index >= 15 is 0 Å². The van der Waals surface area contributed by atoms with Crippen molar-refractivity contribution in [1.82, 2.24) is 9.79 Å². The molecule has 28 heavy (non-hydrogen) atoms. The van der Waals surface area contributed by atoms with Crippen molar-refractivity contribution < 1.29 is 27.1 Å². The van der Waals surface area contributed by atoms with Crippen LogP contribution in [0.25, 0.3) is 0 Å². The maximum absolute atomic E-state index is 13.8. The predicted molar refractivity (Wildman–Crippen MR) is 102 cm³/mol. The van der Waals surface area contributed by atoms with Crippen LogP contribution >= 0.6 is 0 Å². The SMILES string of the molecule is COc1ccc([C@@H]2[C@@H](S(=O)(=O)NCc3ccccc3F)CON2C)cc1OC. The summed E-state index contributed by atoms with van der Waals surface area (Å²) in [6.45, 7) is -0.143. The number of halogens is 1. The van der Waals surface area contributed by atoms with E-state index < -0.39 is 27.1 Å². The molecule has 1 fully saturated rings. The molecular formula is C19H23FN2O5S. The van der Waals surface area contributed by atoms with Gasteiger partial charge in [-0.05, 0) is 23.8 Å². The molecule has 0 aromatic heterocycles. The van der Waals surface area contributed by atoms with E-state index in [0.29, 0.717) is 17.1 Å². The molecule has 1 aliphatic rings. The number of sulfonamides is 1. The molecule has 1 heterocycles. The van der Waals surface area contributed by atoms with Crippen molar-refractivity contribution in [3.63, 3.8) is 0 Å². The van der Waals surface area contributed by atoms with Gasteiger partial charge < -0.3 is 9.47 Å². The Hall–Kier alpha value is -2.20. The van der Waals surface area contributed by atoms with Gasteiger partial charge in [-0.3, -0.25) is 4.84 Å². The van der Waals surface area contributed by atoms with Crippen LogP contribution in [0.3, 0.4) is 0 Å². The van der Waals surface area contributed by atoms with Crippen molar-refractivity contribution in [2.75, 3.05) is 27.9 Å². The Morgan fingerprint density at radius 3 is 2.57 bits per heavy atom. The van der Waals surface area contributed by atoms with E-state index in [1.807, 2.05) is 0 Å². The molecule has 0 aliphatic carbocycles. The second-order valence-corrected chi connectivity index (χ2v) is 8.38. The maximum Gasteiger partial charge on any atom is 0.219 e. The van der Waals surface area contributed by atoms with E-state index in [1.54, 1.807) is 43.4 Å². The fourth-order valence-corrected chi connectivity index (χ4v) is 4.72. The predicted octanol–water partition coefficient (Wildman–Crippen LogP) is 2.25. The van der Waals surface area contributed by atoms with Crippen LogP contribution in [-0.4, -0.2) is 46.6 Å². The molecule has 1 aliphatic heterocycles. The highest BCUT2D eigenvalue weighted by atomic mass is 32.2. The Morgan fingerprint density at radius 1 is 1.18 bits per heavy atom. The summed E-state index contributed by atoms with van der Waals surface area (Å²) in [5.74, 6) is 0.585. The van der Waals surface area contributed by atoms with Crippen LogP contribution < -0.4 is 14.2 Å². The number of hydrogen-bond acceptors (Lipinski definition) is 6. The second kappa shape index (κ2) is 8.44. The first-order chi connectivity index (χ1) is 13.4. The zero-order chi connectivity index (χ0) is 20.3. The normalized spacial score (nSPS) is 20.3. The zero-order valence-corrected chi connectivity index (χ0v) is 16.7. The third-order valence-corrected chi connectivity index (χ3v) is 6.49. The monoisotopic (exact) mass is 410 g/mol. The lowest BCUT2D eigenvalue weighted by Gasteiger charge is -2.24. The summed E-state index contributed by atoms with van der Waals surface area (Å²) >= 11 is 0. The summed E-state index contributed by atoms with van der Waals surface area (Å²) in [5.41, 5.74) is 0.986. The third kappa shape index (κ3) is 4.12. The van der Waals surface area contributed by atoms with Crippen molar-refractivity contribution >= 4 is 10.0 Å². The van der Waals surface area contributed by atoms with Gasteiger partial charge in [-0.2, -0.15) is 5.06 Å². The van der Waals surface area contributed by atoms with Crippen molar-refractivity contribution in [3.05, 3.63) is 59.4 Å². The molecule has 9 heteroatoms. The summed E-state index contributed by atoms with van der Waals surface area (Å²) in [5, 5.41) is 0.635. The molecule has 0 unspecified atom stereocenters. The number of benzene rings is 2.